The standard InChI is InChI=1S/C19H14ClN3O3S.BrH/c1-23-15-8-12(20)7-13(17(15)26-9-16(23)24)14-10-27-19(21-14)22-18(25)11-5-3-2-4-6-11;/h2-8,10H,9H2,1H3,(H,21,22,25);1H. The molecule has 2 aromatic carbocycles. The Labute approximate surface area is 180 Å². The van der Waals surface area contributed by atoms with E-state index in [1.54, 1.807) is 43.4 Å². The predicted molar refractivity (Wildman–Crippen MR) is 116 cm³/mol. The number of ether oxygens (including phenoxy) is 1. The third kappa shape index (κ3) is 3.89. The molecular weight excluding hydrogens is 466 g/mol. The van der Waals surface area contributed by atoms with Gasteiger partial charge < -0.3 is 9.64 Å². The molecule has 2 heterocycles. The number of benzene rings is 2. The Morgan fingerprint density at radius 1 is 1.29 bits per heavy atom. The lowest BCUT2D eigenvalue weighted by atomic mass is 10.1. The highest BCUT2D eigenvalue weighted by molar-refractivity contribution is 8.93. The van der Waals surface area contributed by atoms with Crippen LogP contribution >= 0.6 is 39.9 Å². The normalized spacial score (nSPS) is 12.6. The van der Waals surface area contributed by atoms with Crippen molar-refractivity contribution in [3.8, 4) is 17.0 Å². The number of hydrogen-bond acceptors (Lipinski definition) is 5. The van der Waals surface area contributed by atoms with Crippen molar-refractivity contribution in [3.05, 3.63) is 58.4 Å². The van der Waals surface area contributed by atoms with E-state index in [2.05, 4.69) is 10.3 Å². The van der Waals surface area contributed by atoms with Gasteiger partial charge in [-0.15, -0.1) is 28.3 Å². The molecule has 0 saturated carbocycles. The van der Waals surface area contributed by atoms with Crippen LogP contribution in [0.15, 0.2) is 47.8 Å². The van der Waals surface area contributed by atoms with Crippen LogP contribution in [0.2, 0.25) is 5.02 Å². The van der Waals surface area contributed by atoms with Gasteiger partial charge in [0.1, 0.15) is 0 Å². The summed E-state index contributed by atoms with van der Waals surface area (Å²) in [5.41, 5.74) is 2.44. The summed E-state index contributed by atoms with van der Waals surface area (Å²) in [7, 11) is 1.68. The van der Waals surface area contributed by atoms with Crippen molar-refractivity contribution in [1.82, 2.24) is 4.98 Å². The van der Waals surface area contributed by atoms with Gasteiger partial charge >= 0.3 is 0 Å². The molecule has 0 saturated heterocycles. The van der Waals surface area contributed by atoms with Gasteiger partial charge in [-0.25, -0.2) is 4.98 Å². The second kappa shape index (κ2) is 8.30. The van der Waals surface area contributed by atoms with E-state index in [0.29, 0.717) is 38.4 Å². The monoisotopic (exact) mass is 479 g/mol. The van der Waals surface area contributed by atoms with E-state index in [9.17, 15) is 9.59 Å². The Bertz CT molecular complexity index is 1040. The summed E-state index contributed by atoms with van der Waals surface area (Å²) in [6.45, 7) is -0.0418. The maximum atomic E-state index is 12.3. The van der Waals surface area contributed by atoms with Gasteiger partial charge in [0.2, 0.25) is 0 Å². The molecule has 6 nitrogen and oxygen atoms in total. The molecule has 144 valence electrons. The first-order valence-corrected chi connectivity index (χ1v) is 9.34. The van der Waals surface area contributed by atoms with E-state index in [0.717, 1.165) is 0 Å². The fraction of sp³-hybridized carbons (Fsp3) is 0.105. The van der Waals surface area contributed by atoms with Crippen LogP contribution in [0.4, 0.5) is 10.8 Å². The molecule has 28 heavy (non-hydrogen) atoms. The minimum atomic E-state index is -0.230. The highest BCUT2D eigenvalue weighted by atomic mass is 79.9. The second-order valence-corrected chi connectivity index (χ2v) is 7.20. The van der Waals surface area contributed by atoms with E-state index in [1.807, 2.05) is 11.4 Å². The third-order valence-corrected chi connectivity index (χ3v) is 5.12. The average Bonchev–Trinajstić information content (AvgIpc) is 3.13. The smallest absolute Gasteiger partial charge is 0.264 e. The number of halogens is 2. The largest absolute Gasteiger partial charge is 0.481 e. The lowest BCUT2D eigenvalue weighted by Crippen LogP contribution is -2.35. The minimum Gasteiger partial charge on any atom is -0.481 e. The lowest BCUT2D eigenvalue weighted by Gasteiger charge is -2.27. The van der Waals surface area contributed by atoms with Gasteiger partial charge in [-0.1, -0.05) is 29.8 Å². The van der Waals surface area contributed by atoms with Crippen LogP contribution in [-0.4, -0.2) is 30.5 Å². The first kappa shape index (κ1) is 20.3. The predicted octanol–water partition coefficient (Wildman–Crippen LogP) is 4.65. The Morgan fingerprint density at radius 3 is 2.79 bits per heavy atom. The molecule has 9 heteroatoms. The highest BCUT2D eigenvalue weighted by Crippen LogP contribution is 2.43. The first-order chi connectivity index (χ1) is 13.0. The fourth-order valence-electron chi connectivity index (χ4n) is 2.75. The molecule has 0 radical (unpaired) electrons. The number of anilines is 2. The SMILES string of the molecule is Br.CN1C(=O)COc2c(-c3csc(NC(=O)c4ccccc4)n3)cc(Cl)cc21. The lowest BCUT2D eigenvalue weighted by molar-refractivity contribution is -0.120. The molecule has 2 amide bonds. The Balaban J connectivity index is 0.00000225. The number of fused-ring (bicyclic) bond motifs is 1. The number of nitrogens with zero attached hydrogens (tertiary/aromatic N) is 2. The molecule has 4 rings (SSSR count). The van der Waals surface area contributed by atoms with Crippen LogP contribution in [0.1, 0.15) is 10.4 Å². The molecule has 0 unspecified atom stereocenters. The van der Waals surface area contributed by atoms with Crippen molar-refractivity contribution in [2.45, 2.75) is 0 Å². The Kier molecular flexibility index (Phi) is 6.02. The van der Waals surface area contributed by atoms with Gasteiger partial charge in [-0.05, 0) is 24.3 Å². The average molecular weight is 481 g/mol. The zero-order valence-corrected chi connectivity index (χ0v) is 17.9. The van der Waals surface area contributed by atoms with Gasteiger partial charge in [0, 0.05) is 28.6 Å². The topological polar surface area (TPSA) is 71.5 Å². The van der Waals surface area contributed by atoms with Crippen LogP contribution in [0.25, 0.3) is 11.3 Å². The number of rotatable bonds is 3. The van der Waals surface area contributed by atoms with Crippen molar-refractivity contribution in [2.24, 2.45) is 0 Å². The van der Waals surface area contributed by atoms with Crippen molar-refractivity contribution < 1.29 is 14.3 Å². The number of nitrogens with one attached hydrogen (secondary N) is 1. The van der Waals surface area contributed by atoms with Crippen LogP contribution in [-0.2, 0) is 4.79 Å². The maximum Gasteiger partial charge on any atom is 0.264 e. The molecular formula is C19H15BrClN3O3S. The zero-order chi connectivity index (χ0) is 19.0. The minimum absolute atomic E-state index is 0. The van der Waals surface area contributed by atoms with Gasteiger partial charge in [0.05, 0.1) is 11.4 Å². The van der Waals surface area contributed by atoms with Crippen molar-refractivity contribution in [2.75, 3.05) is 23.9 Å². The molecule has 3 aromatic rings. The number of amides is 2. The summed E-state index contributed by atoms with van der Waals surface area (Å²) in [6, 6.07) is 12.3. The molecule has 1 aliphatic heterocycles. The highest BCUT2D eigenvalue weighted by Gasteiger charge is 2.26. The fourth-order valence-corrected chi connectivity index (χ4v) is 3.67. The molecule has 0 fully saturated rings. The molecule has 0 aliphatic carbocycles. The molecule has 1 aliphatic rings. The first-order valence-electron chi connectivity index (χ1n) is 8.08. The van der Waals surface area contributed by atoms with Gasteiger partial charge in [0.15, 0.2) is 17.5 Å². The number of carbonyl (C=O) groups excluding carboxylic acids is 2. The molecule has 0 bridgehead atoms. The zero-order valence-electron chi connectivity index (χ0n) is 14.6. The molecule has 1 aromatic heterocycles. The summed E-state index contributed by atoms with van der Waals surface area (Å²) in [5.74, 6) is 0.170. The van der Waals surface area contributed by atoms with E-state index in [1.165, 1.54) is 16.2 Å². The number of thiazole rings is 1. The molecule has 1 N–H and O–H groups in total. The van der Waals surface area contributed by atoms with Gasteiger partial charge in [-0.3, -0.25) is 14.9 Å². The third-order valence-electron chi connectivity index (χ3n) is 4.15. The van der Waals surface area contributed by atoms with E-state index >= 15 is 0 Å². The summed E-state index contributed by atoms with van der Waals surface area (Å²) in [5, 5.41) is 5.54. The van der Waals surface area contributed by atoms with Crippen molar-refractivity contribution in [1.29, 1.82) is 0 Å². The van der Waals surface area contributed by atoms with Crippen LogP contribution in [0.5, 0.6) is 5.75 Å². The van der Waals surface area contributed by atoms with Crippen LogP contribution < -0.4 is 15.0 Å². The van der Waals surface area contributed by atoms with Crippen molar-refractivity contribution >= 4 is 62.6 Å². The Hall–Kier alpha value is -2.42. The van der Waals surface area contributed by atoms with Crippen molar-refractivity contribution in [3.63, 3.8) is 0 Å². The molecule has 0 atom stereocenters. The molecule has 0 spiro atoms. The van der Waals surface area contributed by atoms with E-state index < -0.39 is 0 Å². The van der Waals surface area contributed by atoms with Crippen LogP contribution in [0, 0.1) is 0 Å². The maximum absolute atomic E-state index is 12.3. The summed E-state index contributed by atoms with van der Waals surface area (Å²) in [6.07, 6.45) is 0. The number of aromatic nitrogens is 1. The quantitative estimate of drug-likeness (QED) is 0.592. The number of carbonyl (C=O) groups is 2. The summed E-state index contributed by atoms with van der Waals surface area (Å²) in [4.78, 5) is 30.2. The van der Waals surface area contributed by atoms with Gasteiger partial charge in [0.25, 0.3) is 11.8 Å². The van der Waals surface area contributed by atoms with Gasteiger partial charge in [-0.2, -0.15) is 0 Å². The Morgan fingerprint density at radius 2 is 2.04 bits per heavy atom. The second-order valence-electron chi connectivity index (χ2n) is 5.90. The van der Waals surface area contributed by atoms with E-state index in [4.69, 9.17) is 16.3 Å². The summed E-state index contributed by atoms with van der Waals surface area (Å²) >= 11 is 7.53. The summed E-state index contributed by atoms with van der Waals surface area (Å²) < 4.78 is 5.63. The number of hydrogen-bond donors (Lipinski definition) is 1. The number of likely N-dealkylation sites (N-methyl/N-ethyl adjacent to an activating group) is 1. The van der Waals surface area contributed by atoms with E-state index in [-0.39, 0.29) is 35.4 Å². The van der Waals surface area contributed by atoms with Crippen LogP contribution in [0.3, 0.4) is 0 Å².